The van der Waals surface area contributed by atoms with Crippen molar-refractivity contribution < 1.29 is 0 Å². The van der Waals surface area contributed by atoms with Crippen molar-refractivity contribution in [2.24, 2.45) is 0 Å². The largest absolute Gasteiger partial charge is 0.250 e. The second kappa shape index (κ2) is 16.1. The molecule has 188 valence electrons. The van der Waals surface area contributed by atoms with Crippen LogP contribution in [0.5, 0.6) is 0 Å². The third-order valence-electron chi connectivity index (χ3n) is 6.16. The maximum atomic E-state index is 6.80. The van der Waals surface area contributed by atoms with Gasteiger partial charge in [-0.1, -0.05) is 63.2 Å². The Bertz CT molecular complexity index is 448. The van der Waals surface area contributed by atoms with E-state index in [2.05, 4.69) is 96.9 Å². The molecular formula is C25H57N2P2S2+. The molecule has 0 aromatic heterocycles. The molecule has 0 bridgehead atoms. The van der Waals surface area contributed by atoms with Crippen molar-refractivity contribution in [1.82, 2.24) is 9.34 Å². The molecule has 0 amide bonds. The third-order valence-corrected chi connectivity index (χ3v) is 21.2. The van der Waals surface area contributed by atoms with Crippen LogP contribution in [0.25, 0.3) is 0 Å². The van der Waals surface area contributed by atoms with E-state index in [1.54, 1.807) is 0 Å². The van der Waals surface area contributed by atoms with E-state index in [1.165, 1.54) is 62.5 Å². The van der Waals surface area contributed by atoms with Crippen LogP contribution in [0.15, 0.2) is 0 Å². The van der Waals surface area contributed by atoms with Gasteiger partial charge < -0.3 is 0 Å². The lowest BCUT2D eigenvalue weighted by atomic mass is 10.3. The maximum Gasteiger partial charge on any atom is 0.136 e. The van der Waals surface area contributed by atoms with E-state index in [0.29, 0.717) is 24.2 Å². The third kappa shape index (κ3) is 10.2. The second-order valence-electron chi connectivity index (χ2n) is 10.5. The summed E-state index contributed by atoms with van der Waals surface area (Å²) in [6, 6.07) is 1.92. The van der Waals surface area contributed by atoms with Crippen molar-refractivity contribution in [2.75, 3.05) is 24.0 Å². The van der Waals surface area contributed by atoms with Crippen LogP contribution in [0.4, 0.5) is 0 Å². The van der Waals surface area contributed by atoms with Crippen LogP contribution in [-0.2, 0) is 11.8 Å². The van der Waals surface area contributed by atoms with Crippen LogP contribution < -0.4 is 0 Å². The van der Waals surface area contributed by atoms with Crippen LogP contribution >= 0.6 is 24.2 Å². The first kappa shape index (κ1) is 32.4. The Labute approximate surface area is 207 Å². The summed E-state index contributed by atoms with van der Waals surface area (Å²) in [6.07, 6.45) is 12.6. The summed E-state index contributed by atoms with van der Waals surface area (Å²) in [4.78, 5) is 0. The van der Waals surface area contributed by atoms with Gasteiger partial charge in [0.2, 0.25) is 0 Å². The van der Waals surface area contributed by atoms with Gasteiger partial charge in [-0.3, -0.25) is 9.34 Å². The molecule has 31 heavy (non-hydrogen) atoms. The lowest BCUT2D eigenvalue weighted by Gasteiger charge is -2.49. The fourth-order valence-corrected chi connectivity index (χ4v) is 24.6. The molecule has 0 rings (SSSR count). The van der Waals surface area contributed by atoms with Gasteiger partial charge in [0.25, 0.3) is 0 Å². The molecule has 0 unspecified atom stereocenters. The average molecular weight is 512 g/mol. The van der Waals surface area contributed by atoms with Gasteiger partial charge in [0.05, 0.1) is 18.5 Å². The van der Waals surface area contributed by atoms with Gasteiger partial charge in [0.15, 0.2) is 0 Å². The Hall–Kier alpha value is 1.35. The topological polar surface area (TPSA) is 6.48 Å². The minimum absolute atomic E-state index is 0.480. The molecule has 0 fully saturated rings. The molecule has 0 saturated heterocycles. The zero-order valence-corrected chi connectivity index (χ0v) is 26.4. The summed E-state index contributed by atoms with van der Waals surface area (Å²) in [5, 5.41) is 0. The molecule has 0 aliphatic rings. The lowest BCUT2D eigenvalue weighted by molar-refractivity contribution is 0.263. The van der Waals surface area contributed by atoms with Crippen molar-refractivity contribution in [3.05, 3.63) is 0 Å². The van der Waals surface area contributed by atoms with E-state index in [1.807, 2.05) is 0 Å². The number of hydrogen-bond acceptors (Lipinski definition) is 2. The maximum absolute atomic E-state index is 6.80. The van der Waals surface area contributed by atoms with Crippen molar-refractivity contribution in [3.63, 3.8) is 0 Å². The van der Waals surface area contributed by atoms with E-state index < -0.39 is 12.8 Å². The Balaban J connectivity index is 6.23. The smallest absolute Gasteiger partial charge is 0.136 e. The van der Waals surface area contributed by atoms with E-state index >= 15 is 0 Å². The number of unbranched alkanes of at least 4 members (excludes halogenated alkanes) is 3. The molecular weight excluding hydrogens is 454 g/mol. The fraction of sp³-hybridized carbons (Fsp3) is 1.00. The van der Waals surface area contributed by atoms with E-state index in [9.17, 15) is 0 Å². The summed E-state index contributed by atoms with van der Waals surface area (Å²) >= 11 is 9.04. The van der Waals surface area contributed by atoms with Crippen LogP contribution in [0.1, 0.15) is 115 Å². The molecule has 0 heterocycles. The van der Waals surface area contributed by atoms with Crippen LogP contribution in [0.3, 0.4) is 0 Å². The highest BCUT2D eigenvalue weighted by atomic mass is 32.9. The van der Waals surface area contributed by atoms with Crippen molar-refractivity contribution in [2.45, 2.75) is 139 Å². The zero-order valence-electron chi connectivity index (χ0n) is 23.0. The number of rotatable bonds is 18. The Kier molecular flexibility index (Phi) is 16.8. The summed E-state index contributed by atoms with van der Waals surface area (Å²) < 4.78 is 5.45. The van der Waals surface area contributed by atoms with Crippen LogP contribution in [0, 0.1) is 0 Å². The van der Waals surface area contributed by atoms with Crippen molar-refractivity contribution in [1.29, 1.82) is 0 Å². The molecule has 0 aliphatic carbocycles. The van der Waals surface area contributed by atoms with Gasteiger partial charge in [-0.25, -0.2) is 0 Å². The van der Waals surface area contributed by atoms with Crippen LogP contribution in [0.2, 0.25) is 0 Å². The Morgan fingerprint density at radius 2 is 0.935 bits per heavy atom. The van der Waals surface area contributed by atoms with Crippen molar-refractivity contribution >= 4 is 36.0 Å². The molecule has 0 aromatic rings. The van der Waals surface area contributed by atoms with Gasteiger partial charge in [-0.2, -0.15) is 0 Å². The average Bonchev–Trinajstić information content (AvgIpc) is 2.65. The van der Waals surface area contributed by atoms with Gasteiger partial charge in [-0.15, -0.1) is 0 Å². The van der Waals surface area contributed by atoms with Gasteiger partial charge in [-0.05, 0) is 74.7 Å². The zero-order chi connectivity index (χ0) is 24.2. The molecule has 0 aliphatic heterocycles. The second-order valence-corrected chi connectivity index (χ2v) is 22.2. The molecule has 0 radical (unpaired) electrons. The van der Waals surface area contributed by atoms with E-state index in [-0.39, 0.29) is 0 Å². The highest BCUT2D eigenvalue weighted by Crippen LogP contribution is 2.74. The molecule has 0 saturated carbocycles. The molecule has 0 N–H and O–H groups in total. The van der Waals surface area contributed by atoms with Crippen LogP contribution in [-0.4, -0.2) is 57.5 Å². The van der Waals surface area contributed by atoms with E-state index in [0.717, 1.165) is 0 Å². The normalized spacial score (nSPS) is 13.7. The first-order chi connectivity index (χ1) is 14.4. The monoisotopic (exact) mass is 511 g/mol. The quantitative estimate of drug-likeness (QED) is 0.169. The molecule has 0 aromatic carbocycles. The highest BCUT2D eigenvalue weighted by molar-refractivity contribution is 8.70. The minimum Gasteiger partial charge on any atom is -0.250 e. The van der Waals surface area contributed by atoms with Crippen molar-refractivity contribution in [3.8, 4) is 0 Å². The summed E-state index contributed by atoms with van der Waals surface area (Å²) in [7, 11) is -0.972. The minimum atomic E-state index is -1.91. The van der Waals surface area contributed by atoms with Gasteiger partial charge in [0.1, 0.15) is 11.0 Å². The standard InChI is InChI=1S/C25H57N2P2S2/c1-12-15-18-28(19-16-13-2,20-17-14-3)21-31-29(30,26(22(4)5)23(6)7)27(24(8)9)25(10)11/h22-25H,12-21H2,1-11H3/q+1. The molecule has 2 nitrogen and oxygen atoms in total. The SMILES string of the molecule is CCCC[P+](CCCC)(CCCC)CSP(=S)(N(C(C)C)C(C)C)N(C(C)C)C(C)C. The molecule has 6 heteroatoms. The lowest BCUT2D eigenvalue weighted by Crippen LogP contribution is -2.43. The number of hydrogen-bond donors (Lipinski definition) is 0. The van der Waals surface area contributed by atoms with E-state index in [4.69, 9.17) is 11.8 Å². The summed E-state index contributed by atoms with van der Waals surface area (Å²) in [6.45, 7) is 25.9. The summed E-state index contributed by atoms with van der Waals surface area (Å²) in [5.41, 5.74) is -0.569. The number of nitrogens with zero attached hydrogens (tertiary/aromatic N) is 2. The Morgan fingerprint density at radius 3 is 1.16 bits per heavy atom. The molecule has 0 atom stereocenters. The Morgan fingerprint density at radius 1 is 0.645 bits per heavy atom. The predicted molar refractivity (Wildman–Crippen MR) is 157 cm³/mol. The molecule has 0 spiro atoms. The fourth-order valence-electron chi connectivity index (χ4n) is 4.82. The van der Waals surface area contributed by atoms with Gasteiger partial charge >= 0.3 is 0 Å². The first-order valence-electron chi connectivity index (χ1n) is 13.1. The predicted octanol–water partition coefficient (Wildman–Crippen LogP) is 9.56. The first-order valence-corrected chi connectivity index (χ1v) is 19.9. The summed E-state index contributed by atoms with van der Waals surface area (Å²) in [5.74, 6) is 0. The highest BCUT2D eigenvalue weighted by Gasteiger charge is 2.44. The van der Waals surface area contributed by atoms with Gasteiger partial charge in [0, 0.05) is 31.4 Å².